The number of amides is 2. The lowest BCUT2D eigenvalue weighted by molar-refractivity contribution is -0.129. The average Bonchev–Trinajstić information content (AvgIpc) is 3.37. The van der Waals surface area contributed by atoms with Crippen molar-refractivity contribution in [2.75, 3.05) is 11.9 Å². The van der Waals surface area contributed by atoms with Crippen molar-refractivity contribution in [2.24, 2.45) is 5.92 Å². The van der Waals surface area contributed by atoms with Crippen LogP contribution in [0.5, 0.6) is 0 Å². The molecular weight excluding hydrogens is 392 g/mol. The number of nitrogens with one attached hydrogen (secondary N) is 3. The van der Waals surface area contributed by atoms with E-state index in [4.69, 9.17) is 4.98 Å². The van der Waals surface area contributed by atoms with Crippen molar-refractivity contribution in [2.45, 2.75) is 45.3 Å². The molecule has 162 valence electrons. The first kappa shape index (κ1) is 21.0. The largest absolute Gasteiger partial charge is 0.343 e. The average molecular weight is 421 g/mol. The molecule has 8 heteroatoms. The summed E-state index contributed by atoms with van der Waals surface area (Å²) >= 11 is 0. The molecule has 3 N–H and O–H groups in total. The number of carbonyl (C=O) groups is 2. The first-order valence-corrected chi connectivity index (χ1v) is 10.6. The molecule has 1 aliphatic rings. The van der Waals surface area contributed by atoms with E-state index in [2.05, 4.69) is 20.6 Å². The minimum atomic E-state index is -0.678. The molecule has 2 aromatic heterocycles. The molecule has 2 amide bonds. The van der Waals surface area contributed by atoms with E-state index in [1.807, 2.05) is 50.2 Å². The van der Waals surface area contributed by atoms with Crippen LogP contribution in [0, 0.1) is 5.92 Å². The van der Waals surface area contributed by atoms with E-state index in [9.17, 15) is 9.59 Å². The van der Waals surface area contributed by atoms with Crippen LogP contribution in [-0.2, 0) is 16.0 Å². The number of carbonyl (C=O) groups excluding carboxylic acids is 2. The van der Waals surface area contributed by atoms with Crippen LogP contribution < -0.4 is 15.5 Å². The standard InChI is InChI=1S/C23H28N6O2/c1-13(2)19(28-22(30)14(3)24-4)23(31)29-18(12-15-8-7-11-25-21(15)29)20-26-16-9-5-6-10-17(16)27-20/h5-11,13-14,18-19,24H,12H2,1-4H3,(H,26,27)(H,28,30)/t14?,18?,19-/m0/s1. The normalized spacial score (nSPS) is 17.6. The first-order valence-electron chi connectivity index (χ1n) is 10.6. The third kappa shape index (κ3) is 3.90. The number of pyridine rings is 1. The van der Waals surface area contributed by atoms with Crippen molar-refractivity contribution in [3.05, 3.63) is 54.0 Å². The summed E-state index contributed by atoms with van der Waals surface area (Å²) in [6, 6.07) is 10.3. The quantitative estimate of drug-likeness (QED) is 0.568. The summed E-state index contributed by atoms with van der Waals surface area (Å²) in [4.78, 5) is 40.7. The number of anilines is 1. The van der Waals surface area contributed by atoms with Crippen molar-refractivity contribution >= 4 is 28.7 Å². The Morgan fingerprint density at radius 3 is 2.65 bits per heavy atom. The van der Waals surface area contributed by atoms with Crippen molar-refractivity contribution in [1.82, 2.24) is 25.6 Å². The third-order valence-electron chi connectivity index (χ3n) is 5.84. The first-order chi connectivity index (χ1) is 14.9. The van der Waals surface area contributed by atoms with Crippen LogP contribution in [0.3, 0.4) is 0 Å². The maximum atomic E-state index is 13.8. The molecule has 3 aromatic rings. The van der Waals surface area contributed by atoms with Crippen LogP contribution in [-0.4, -0.2) is 45.9 Å². The topological polar surface area (TPSA) is 103 Å². The summed E-state index contributed by atoms with van der Waals surface area (Å²) in [6.07, 6.45) is 2.30. The van der Waals surface area contributed by atoms with Gasteiger partial charge in [-0.25, -0.2) is 9.97 Å². The molecule has 3 atom stereocenters. The van der Waals surface area contributed by atoms with E-state index in [0.29, 0.717) is 18.1 Å². The number of benzene rings is 1. The molecule has 1 aromatic carbocycles. The third-order valence-corrected chi connectivity index (χ3v) is 5.84. The molecular formula is C23H28N6O2. The van der Waals surface area contributed by atoms with Gasteiger partial charge >= 0.3 is 0 Å². The molecule has 0 spiro atoms. The van der Waals surface area contributed by atoms with Crippen molar-refractivity contribution < 1.29 is 9.59 Å². The van der Waals surface area contributed by atoms with Crippen LogP contribution in [0.25, 0.3) is 11.0 Å². The number of imidazole rings is 1. The number of rotatable bonds is 6. The van der Waals surface area contributed by atoms with E-state index >= 15 is 0 Å². The number of nitrogens with zero attached hydrogens (tertiary/aromatic N) is 3. The highest BCUT2D eigenvalue weighted by atomic mass is 16.2. The maximum Gasteiger partial charge on any atom is 0.251 e. The molecule has 0 fully saturated rings. The Balaban J connectivity index is 1.72. The summed E-state index contributed by atoms with van der Waals surface area (Å²) in [7, 11) is 1.72. The Bertz CT molecular complexity index is 1080. The summed E-state index contributed by atoms with van der Waals surface area (Å²) in [5.74, 6) is 0.846. The van der Waals surface area contributed by atoms with Crippen LogP contribution in [0.1, 0.15) is 38.2 Å². The van der Waals surface area contributed by atoms with Gasteiger partial charge in [-0.15, -0.1) is 0 Å². The Morgan fingerprint density at radius 2 is 1.94 bits per heavy atom. The Morgan fingerprint density at radius 1 is 1.16 bits per heavy atom. The molecule has 0 saturated heterocycles. The number of para-hydroxylation sites is 2. The Kier molecular flexibility index (Phi) is 5.73. The fourth-order valence-corrected chi connectivity index (χ4v) is 3.93. The van der Waals surface area contributed by atoms with Gasteiger partial charge in [0.05, 0.1) is 17.1 Å². The lowest BCUT2D eigenvalue weighted by Gasteiger charge is -2.30. The zero-order valence-corrected chi connectivity index (χ0v) is 18.2. The van der Waals surface area contributed by atoms with Gasteiger partial charge in [-0.3, -0.25) is 14.5 Å². The zero-order chi connectivity index (χ0) is 22.1. The molecule has 2 unspecified atom stereocenters. The highest BCUT2D eigenvalue weighted by molar-refractivity contribution is 6.01. The number of aromatic nitrogens is 3. The van der Waals surface area contributed by atoms with Crippen LogP contribution in [0.4, 0.5) is 5.82 Å². The monoisotopic (exact) mass is 420 g/mol. The van der Waals surface area contributed by atoms with Gasteiger partial charge in [0.25, 0.3) is 5.91 Å². The summed E-state index contributed by atoms with van der Waals surface area (Å²) in [5, 5.41) is 5.84. The van der Waals surface area contributed by atoms with Crippen molar-refractivity contribution in [3.8, 4) is 0 Å². The second-order valence-electron chi connectivity index (χ2n) is 8.29. The summed E-state index contributed by atoms with van der Waals surface area (Å²) in [6.45, 7) is 5.62. The minimum Gasteiger partial charge on any atom is -0.343 e. The van der Waals surface area contributed by atoms with Gasteiger partial charge in [-0.05, 0) is 43.7 Å². The number of H-pyrrole nitrogens is 1. The van der Waals surface area contributed by atoms with Gasteiger partial charge in [-0.1, -0.05) is 32.0 Å². The molecule has 4 rings (SSSR count). The predicted molar refractivity (Wildman–Crippen MR) is 120 cm³/mol. The van der Waals surface area contributed by atoms with E-state index in [-0.39, 0.29) is 23.8 Å². The van der Waals surface area contributed by atoms with E-state index < -0.39 is 12.1 Å². The molecule has 1 aliphatic heterocycles. The number of hydrogen-bond acceptors (Lipinski definition) is 5. The van der Waals surface area contributed by atoms with Crippen LogP contribution >= 0.6 is 0 Å². The van der Waals surface area contributed by atoms with Crippen LogP contribution in [0.2, 0.25) is 0 Å². The molecule has 0 bridgehead atoms. The number of likely N-dealkylation sites (N-methyl/N-ethyl adjacent to an activating group) is 1. The zero-order valence-electron chi connectivity index (χ0n) is 18.2. The van der Waals surface area contributed by atoms with E-state index in [0.717, 1.165) is 16.6 Å². The molecule has 31 heavy (non-hydrogen) atoms. The number of fused-ring (bicyclic) bond motifs is 2. The highest BCUT2D eigenvalue weighted by Gasteiger charge is 2.41. The SMILES string of the molecule is CNC(C)C(=O)N[C@H](C(=O)N1c2ncccc2CC1c1nc2ccccc2[nH]1)C(C)C. The van der Waals surface area contributed by atoms with Gasteiger partial charge in [-0.2, -0.15) is 0 Å². The fourth-order valence-electron chi connectivity index (χ4n) is 3.93. The van der Waals surface area contributed by atoms with Gasteiger partial charge in [0, 0.05) is 12.6 Å². The van der Waals surface area contributed by atoms with Gasteiger partial charge in [0.2, 0.25) is 5.91 Å². The lowest BCUT2D eigenvalue weighted by Crippen LogP contribution is -2.55. The Hall–Kier alpha value is -3.26. The minimum absolute atomic E-state index is 0.0930. The fraction of sp³-hybridized carbons (Fsp3) is 0.391. The van der Waals surface area contributed by atoms with Crippen molar-refractivity contribution in [3.63, 3.8) is 0 Å². The summed E-state index contributed by atoms with van der Waals surface area (Å²) in [5.41, 5.74) is 2.76. The molecule has 0 saturated carbocycles. The molecule has 0 aliphatic carbocycles. The lowest BCUT2D eigenvalue weighted by atomic mass is 10.0. The number of hydrogen-bond donors (Lipinski definition) is 3. The maximum absolute atomic E-state index is 13.8. The van der Waals surface area contributed by atoms with Gasteiger partial charge < -0.3 is 15.6 Å². The second-order valence-corrected chi connectivity index (χ2v) is 8.29. The Labute approximate surface area is 181 Å². The highest BCUT2D eigenvalue weighted by Crippen LogP contribution is 2.39. The molecule has 8 nitrogen and oxygen atoms in total. The van der Waals surface area contributed by atoms with Gasteiger partial charge in [0.1, 0.15) is 23.7 Å². The predicted octanol–water partition coefficient (Wildman–Crippen LogP) is 2.34. The van der Waals surface area contributed by atoms with Crippen molar-refractivity contribution in [1.29, 1.82) is 0 Å². The number of aromatic amines is 1. The smallest absolute Gasteiger partial charge is 0.251 e. The second kappa shape index (κ2) is 8.47. The van der Waals surface area contributed by atoms with E-state index in [1.165, 1.54) is 0 Å². The van der Waals surface area contributed by atoms with Crippen LogP contribution in [0.15, 0.2) is 42.6 Å². The molecule has 0 radical (unpaired) electrons. The molecule has 3 heterocycles. The summed E-state index contributed by atoms with van der Waals surface area (Å²) < 4.78 is 0. The van der Waals surface area contributed by atoms with Gasteiger partial charge in [0.15, 0.2) is 0 Å². The van der Waals surface area contributed by atoms with E-state index in [1.54, 1.807) is 25.1 Å².